The Balaban J connectivity index is 1.89. The summed E-state index contributed by atoms with van der Waals surface area (Å²) in [6.07, 6.45) is 2.33. The van der Waals surface area contributed by atoms with Gasteiger partial charge in [0.05, 0.1) is 12.7 Å². The molecule has 0 aromatic heterocycles. The van der Waals surface area contributed by atoms with Gasteiger partial charge in [-0.05, 0) is 19.8 Å². The minimum Gasteiger partial charge on any atom is -0.391 e. The van der Waals surface area contributed by atoms with E-state index in [-0.39, 0.29) is 11.5 Å². The van der Waals surface area contributed by atoms with Crippen molar-refractivity contribution in [3.8, 4) is 0 Å². The molecular weight excluding hydrogens is 166 g/mol. The van der Waals surface area contributed by atoms with E-state index in [1.165, 1.54) is 12.8 Å². The summed E-state index contributed by atoms with van der Waals surface area (Å²) in [5.74, 6) is 0. The molecule has 1 saturated heterocycles. The third-order valence-electron chi connectivity index (χ3n) is 3.56. The van der Waals surface area contributed by atoms with E-state index in [4.69, 9.17) is 4.74 Å². The lowest BCUT2D eigenvalue weighted by Gasteiger charge is -2.23. The standard InChI is InChI=1S/C10H19NO2/c1-8(6-13-2)11-5-9(12)10(7-11)3-4-10/h8-9,12H,3-7H2,1-2H3. The van der Waals surface area contributed by atoms with Crippen molar-refractivity contribution < 1.29 is 9.84 Å². The summed E-state index contributed by atoms with van der Waals surface area (Å²) >= 11 is 0. The van der Waals surface area contributed by atoms with Gasteiger partial charge < -0.3 is 9.84 Å². The molecule has 2 aliphatic rings. The van der Waals surface area contributed by atoms with Gasteiger partial charge in [0.1, 0.15) is 0 Å². The van der Waals surface area contributed by atoms with Crippen molar-refractivity contribution in [1.82, 2.24) is 4.90 Å². The first-order valence-electron chi connectivity index (χ1n) is 5.09. The topological polar surface area (TPSA) is 32.7 Å². The monoisotopic (exact) mass is 185 g/mol. The largest absolute Gasteiger partial charge is 0.391 e. The smallest absolute Gasteiger partial charge is 0.0735 e. The van der Waals surface area contributed by atoms with Gasteiger partial charge in [-0.15, -0.1) is 0 Å². The summed E-state index contributed by atoms with van der Waals surface area (Å²) < 4.78 is 5.12. The molecule has 0 aromatic rings. The van der Waals surface area contributed by atoms with Crippen LogP contribution >= 0.6 is 0 Å². The van der Waals surface area contributed by atoms with Crippen molar-refractivity contribution in [2.75, 3.05) is 26.8 Å². The number of nitrogens with zero attached hydrogens (tertiary/aromatic N) is 1. The van der Waals surface area contributed by atoms with Crippen LogP contribution in [0.1, 0.15) is 19.8 Å². The molecule has 2 unspecified atom stereocenters. The molecule has 2 atom stereocenters. The Morgan fingerprint density at radius 2 is 2.31 bits per heavy atom. The second kappa shape index (κ2) is 3.23. The van der Waals surface area contributed by atoms with Crippen molar-refractivity contribution >= 4 is 0 Å². The second-order valence-electron chi connectivity index (χ2n) is 4.61. The molecule has 3 heteroatoms. The maximum atomic E-state index is 9.82. The molecule has 1 spiro atoms. The summed E-state index contributed by atoms with van der Waals surface area (Å²) in [7, 11) is 1.73. The zero-order chi connectivity index (χ0) is 9.47. The van der Waals surface area contributed by atoms with E-state index in [0.717, 1.165) is 19.7 Å². The van der Waals surface area contributed by atoms with Crippen molar-refractivity contribution in [2.45, 2.75) is 31.9 Å². The number of β-amino-alcohol motifs (C(OH)–C–C–N with tert-alkyl or cyclic N) is 1. The average Bonchev–Trinajstić information content (AvgIpc) is 2.77. The zero-order valence-electron chi connectivity index (χ0n) is 8.49. The van der Waals surface area contributed by atoms with Gasteiger partial charge in [0.2, 0.25) is 0 Å². The van der Waals surface area contributed by atoms with Crippen LogP contribution in [0.25, 0.3) is 0 Å². The van der Waals surface area contributed by atoms with Gasteiger partial charge in [-0.3, -0.25) is 4.90 Å². The number of ether oxygens (including phenoxy) is 1. The number of rotatable bonds is 3. The number of likely N-dealkylation sites (tertiary alicyclic amines) is 1. The van der Waals surface area contributed by atoms with Crippen molar-refractivity contribution in [1.29, 1.82) is 0 Å². The van der Waals surface area contributed by atoms with Crippen molar-refractivity contribution in [3.63, 3.8) is 0 Å². The highest BCUT2D eigenvalue weighted by atomic mass is 16.5. The van der Waals surface area contributed by atoms with E-state index < -0.39 is 0 Å². The van der Waals surface area contributed by atoms with Gasteiger partial charge in [0.25, 0.3) is 0 Å². The molecule has 1 aliphatic carbocycles. The normalized spacial score (nSPS) is 33.9. The van der Waals surface area contributed by atoms with Crippen LogP contribution in [0.15, 0.2) is 0 Å². The predicted molar refractivity (Wildman–Crippen MR) is 50.6 cm³/mol. The van der Waals surface area contributed by atoms with E-state index in [1.54, 1.807) is 7.11 Å². The van der Waals surface area contributed by atoms with E-state index in [2.05, 4.69) is 11.8 Å². The summed E-state index contributed by atoms with van der Waals surface area (Å²) in [4.78, 5) is 2.35. The number of aliphatic hydroxyl groups excluding tert-OH is 1. The second-order valence-corrected chi connectivity index (χ2v) is 4.61. The van der Waals surface area contributed by atoms with Gasteiger partial charge in [0, 0.05) is 31.7 Å². The van der Waals surface area contributed by atoms with Gasteiger partial charge in [-0.1, -0.05) is 0 Å². The molecule has 13 heavy (non-hydrogen) atoms. The quantitative estimate of drug-likeness (QED) is 0.694. The van der Waals surface area contributed by atoms with E-state index in [1.807, 2.05) is 0 Å². The summed E-state index contributed by atoms with van der Waals surface area (Å²) in [6.45, 7) is 4.84. The van der Waals surface area contributed by atoms with Gasteiger partial charge in [0.15, 0.2) is 0 Å². The fourth-order valence-corrected chi connectivity index (χ4v) is 2.32. The van der Waals surface area contributed by atoms with E-state index in [9.17, 15) is 5.11 Å². The van der Waals surface area contributed by atoms with Gasteiger partial charge >= 0.3 is 0 Å². The first-order chi connectivity index (χ1) is 6.18. The zero-order valence-corrected chi connectivity index (χ0v) is 8.49. The fourth-order valence-electron chi connectivity index (χ4n) is 2.32. The molecule has 0 bridgehead atoms. The number of hydrogen-bond acceptors (Lipinski definition) is 3. The van der Waals surface area contributed by atoms with Crippen LogP contribution < -0.4 is 0 Å². The minimum atomic E-state index is -0.0909. The van der Waals surface area contributed by atoms with Crippen LogP contribution in [0.5, 0.6) is 0 Å². The highest BCUT2D eigenvalue weighted by Gasteiger charge is 2.54. The lowest BCUT2D eigenvalue weighted by Crippen LogP contribution is -2.35. The average molecular weight is 185 g/mol. The van der Waals surface area contributed by atoms with Crippen LogP contribution in [0.3, 0.4) is 0 Å². The third kappa shape index (κ3) is 1.60. The summed E-state index contributed by atoms with van der Waals surface area (Å²) in [5.41, 5.74) is 0.280. The Morgan fingerprint density at radius 1 is 1.62 bits per heavy atom. The van der Waals surface area contributed by atoms with Gasteiger partial charge in [-0.2, -0.15) is 0 Å². The maximum Gasteiger partial charge on any atom is 0.0735 e. The van der Waals surface area contributed by atoms with Crippen LogP contribution in [0.2, 0.25) is 0 Å². The SMILES string of the molecule is COCC(C)N1CC(O)C2(CC2)C1. The minimum absolute atomic E-state index is 0.0909. The third-order valence-corrected chi connectivity index (χ3v) is 3.56. The molecule has 1 saturated carbocycles. The number of hydrogen-bond donors (Lipinski definition) is 1. The molecule has 2 fully saturated rings. The molecule has 0 aromatic carbocycles. The van der Waals surface area contributed by atoms with E-state index >= 15 is 0 Å². The molecule has 1 heterocycles. The Morgan fingerprint density at radius 3 is 2.77 bits per heavy atom. The lowest BCUT2D eigenvalue weighted by atomic mass is 10.0. The summed E-state index contributed by atoms with van der Waals surface area (Å²) in [6, 6.07) is 0.444. The molecule has 3 nitrogen and oxygen atoms in total. The van der Waals surface area contributed by atoms with Crippen molar-refractivity contribution in [2.24, 2.45) is 5.41 Å². The Kier molecular flexibility index (Phi) is 2.34. The molecule has 0 amide bonds. The maximum absolute atomic E-state index is 9.82. The van der Waals surface area contributed by atoms with Crippen molar-refractivity contribution in [3.05, 3.63) is 0 Å². The fraction of sp³-hybridized carbons (Fsp3) is 1.00. The van der Waals surface area contributed by atoms with Crippen LogP contribution in [-0.2, 0) is 4.74 Å². The summed E-state index contributed by atoms with van der Waals surface area (Å²) in [5, 5.41) is 9.82. The number of aliphatic hydroxyl groups is 1. The van der Waals surface area contributed by atoms with Crippen LogP contribution in [-0.4, -0.2) is 49.0 Å². The molecule has 1 N–H and O–H groups in total. The first-order valence-corrected chi connectivity index (χ1v) is 5.09. The molecular formula is C10H19NO2. The van der Waals surface area contributed by atoms with Crippen LogP contribution in [0.4, 0.5) is 0 Å². The van der Waals surface area contributed by atoms with Crippen LogP contribution in [0, 0.1) is 5.41 Å². The highest BCUT2D eigenvalue weighted by Crippen LogP contribution is 2.53. The molecule has 2 rings (SSSR count). The van der Waals surface area contributed by atoms with Gasteiger partial charge in [-0.25, -0.2) is 0 Å². The number of methoxy groups -OCH3 is 1. The molecule has 0 radical (unpaired) electrons. The van der Waals surface area contributed by atoms with E-state index in [0.29, 0.717) is 6.04 Å². The Hall–Kier alpha value is -0.120. The Bertz CT molecular complexity index is 191. The highest BCUT2D eigenvalue weighted by molar-refractivity contribution is 5.07. The lowest BCUT2D eigenvalue weighted by molar-refractivity contribution is 0.0995. The molecule has 76 valence electrons. The Labute approximate surface area is 79.7 Å². The molecule has 1 aliphatic heterocycles. The predicted octanol–water partition coefficient (Wildman–Crippen LogP) is 0.478. The first kappa shape index (κ1) is 9.44.